The van der Waals surface area contributed by atoms with Crippen LogP contribution in [0.5, 0.6) is 0 Å². The Bertz CT molecular complexity index is 2430. The summed E-state index contributed by atoms with van der Waals surface area (Å²) in [6.07, 6.45) is 44.7. The van der Waals surface area contributed by atoms with Gasteiger partial charge in [0, 0.05) is 52.5 Å². The van der Waals surface area contributed by atoms with Crippen LogP contribution < -0.4 is 9.80 Å². The highest BCUT2D eigenvalue weighted by molar-refractivity contribution is 5.75. The van der Waals surface area contributed by atoms with Crippen LogP contribution in [0.4, 0.5) is 11.4 Å². The maximum absolute atomic E-state index is 5.17. The van der Waals surface area contributed by atoms with Gasteiger partial charge in [-0.2, -0.15) is 0 Å². The molecule has 6 unspecified atom stereocenters. The molecule has 56 heavy (non-hydrogen) atoms. The molecule has 0 saturated carbocycles. The molecule has 1 saturated heterocycles. The Labute approximate surface area is 329 Å². The Morgan fingerprint density at radius 1 is 0.696 bits per heavy atom. The molecule has 0 amide bonds. The largest absolute Gasteiger partial charge is 0.334 e. The number of hydrogen-bond donors (Lipinski definition) is 0. The number of aliphatic imine (C=N–C) groups is 1. The van der Waals surface area contributed by atoms with Crippen molar-refractivity contribution in [3.8, 4) is 0 Å². The number of para-hydroxylation sites is 1. The lowest BCUT2D eigenvalue weighted by molar-refractivity contribution is 0.527. The molecule has 0 N–H and O–H groups in total. The number of benzene rings is 2. The topological polar surface area (TPSA) is 57.5 Å². The number of rotatable bonds is 6. The van der Waals surface area contributed by atoms with E-state index in [1.807, 2.05) is 0 Å². The van der Waals surface area contributed by atoms with Gasteiger partial charge in [-0.15, -0.1) is 0 Å². The summed E-state index contributed by atoms with van der Waals surface area (Å²) in [6.45, 7) is 0. The SMILES string of the molecule is C1=CCCC(c2nc(C3=CCCC=C3)nc(C3C=C(N4c5cc(C6C=C7C(=CC6)N(c6ccccc6)C6C=CCCC76)ccc5C5C=CC=CC54)N=CC3)n2)=C1. The molecule has 2 aromatic carbocycles. The normalized spacial score (nSPS) is 28.2. The molecule has 6 nitrogen and oxygen atoms in total. The fourth-order valence-corrected chi connectivity index (χ4v) is 10.1. The summed E-state index contributed by atoms with van der Waals surface area (Å²) in [4.78, 5) is 25.6. The number of nitrogens with zero attached hydrogens (tertiary/aromatic N) is 6. The first-order valence-corrected chi connectivity index (χ1v) is 20.7. The fourth-order valence-electron chi connectivity index (χ4n) is 10.1. The quantitative estimate of drug-likeness (QED) is 0.236. The summed E-state index contributed by atoms with van der Waals surface area (Å²) < 4.78 is 0. The minimum Gasteiger partial charge on any atom is -0.334 e. The standard InChI is InChI=1S/C50H46N6/c1-4-14-33(15-5-1)48-52-49(34-16-6-2-7-17-34)54-50(53-48)37-28-29-51-47(32-37)56-44-23-13-10-20-39(44)41-26-24-36(31-46(41)56)35-25-27-45-42(30-35)40-21-11-12-22-43(40)55(45)38-18-8-3-9-19-38/h1,3-4,6,8-10,12-14,16-20,22-24,26-27,29-32,35,37,39-40,43-44H,2,5,7,11,15,21,25,28H2. The molecule has 11 rings (SSSR count). The molecular formula is C50H46N6. The molecule has 0 radical (unpaired) electrons. The second kappa shape index (κ2) is 14.0. The number of anilines is 2. The van der Waals surface area contributed by atoms with Crippen LogP contribution in [0.25, 0.3) is 11.1 Å². The third kappa shape index (κ3) is 5.77. The smallest absolute Gasteiger partial charge is 0.163 e. The second-order valence-corrected chi connectivity index (χ2v) is 16.2. The fraction of sp³-hybridized carbons (Fsp3) is 0.280. The lowest BCUT2D eigenvalue weighted by atomic mass is 9.80. The Balaban J connectivity index is 0.953. The summed E-state index contributed by atoms with van der Waals surface area (Å²) in [7, 11) is 0. The zero-order valence-electron chi connectivity index (χ0n) is 31.7. The van der Waals surface area contributed by atoms with E-state index in [4.69, 9.17) is 19.9 Å². The molecule has 6 heteroatoms. The highest BCUT2D eigenvalue weighted by Crippen LogP contribution is 2.51. The van der Waals surface area contributed by atoms with Crippen LogP contribution in [-0.2, 0) is 0 Å². The average molecular weight is 731 g/mol. The minimum absolute atomic E-state index is 0.0104. The first kappa shape index (κ1) is 33.5. The van der Waals surface area contributed by atoms with E-state index in [2.05, 4.69) is 156 Å². The minimum atomic E-state index is -0.0104. The molecule has 3 aromatic rings. The van der Waals surface area contributed by atoms with Crippen molar-refractivity contribution in [1.82, 2.24) is 15.0 Å². The van der Waals surface area contributed by atoms with Gasteiger partial charge in [-0.3, -0.25) is 0 Å². The molecule has 0 spiro atoms. The molecule has 3 aliphatic heterocycles. The zero-order chi connectivity index (χ0) is 37.0. The number of aromatic nitrogens is 3. The summed E-state index contributed by atoms with van der Waals surface area (Å²) in [5.41, 5.74) is 10.5. The highest BCUT2D eigenvalue weighted by atomic mass is 15.3. The van der Waals surface area contributed by atoms with Crippen LogP contribution in [-0.4, -0.2) is 33.3 Å². The molecule has 4 heterocycles. The molecule has 6 atom stereocenters. The molecule has 1 aromatic heterocycles. The van der Waals surface area contributed by atoms with Gasteiger partial charge in [0.2, 0.25) is 0 Å². The van der Waals surface area contributed by atoms with E-state index in [1.165, 1.54) is 45.8 Å². The van der Waals surface area contributed by atoms with Crippen LogP contribution in [0, 0.1) is 5.92 Å². The van der Waals surface area contributed by atoms with Gasteiger partial charge in [-0.1, -0.05) is 115 Å². The van der Waals surface area contributed by atoms with E-state index in [0.717, 1.165) is 73.8 Å². The van der Waals surface area contributed by atoms with Crippen LogP contribution in [0.1, 0.15) is 97.7 Å². The summed E-state index contributed by atoms with van der Waals surface area (Å²) in [5.74, 6) is 4.47. The first-order chi connectivity index (χ1) is 27.8. The van der Waals surface area contributed by atoms with Crippen molar-refractivity contribution < 1.29 is 0 Å². The Morgan fingerprint density at radius 2 is 1.62 bits per heavy atom. The van der Waals surface area contributed by atoms with E-state index >= 15 is 0 Å². The van der Waals surface area contributed by atoms with Gasteiger partial charge in [-0.25, -0.2) is 19.9 Å². The van der Waals surface area contributed by atoms with E-state index in [1.54, 1.807) is 0 Å². The lowest BCUT2D eigenvalue weighted by Gasteiger charge is -2.31. The highest BCUT2D eigenvalue weighted by Gasteiger charge is 2.43. The van der Waals surface area contributed by atoms with Crippen molar-refractivity contribution in [1.29, 1.82) is 0 Å². The Hall–Kier alpha value is -5.88. The predicted molar refractivity (Wildman–Crippen MR) is 228 cm³/mol. The summed E-state index contributed by atoms with van der Waals surface area (Å²) >= 11 is 0. The summed E-state index contributed by atoms with van der Waals surface area (Å²) in [6, 6.07) is 18.8. The van der Waals surface area contributed by atoms with Crippen molar-refractivity contribution in [2.75, 3.05) is 9.80 Å². The second-order valence-electron chi connectivity index (χ2n) is 16.2. The van der Waals surface area contributed by atoms with Crippen molar-refractivity contribution in [2.45, 2.75) is 81.2 Å². The molecular weight excluding hydrogens is 685 g/mol. The Kier molecular flexibility index (Phi) is 8.37. The van der Waals surface area contributed by atoms with Gasteiger partial charge >= 0.3 is 0 Å². The average Bonchev–Trinajstić information content (AvgIpc) is 3.79. The molecule has 5 aliphatic carbocycles. The zero-order valence-corrected chi connectivity index (χ0v) is 31.7. The van der Waals surface area contributed by atoms with Gasteiger partial charge in [0.05, 0.1) is 12.1 Å². The van der Waals surface area contributed by atoms with Crippen molar-refractivity contribution in [2.24, 2.45) is 10.9 Å². The van der Waals surface area contributed by atoms with Gasteiger partial charge in [0.1, 0.15) is 11.6 Å². The van der Waals surface area contributed by atoms with Crippen molar-refractivity contribution >= 4 is 28.7 Å². The van der Waals surface area contributed by atoms with Crippen molar-refractivity contribution in [3.05, 3.63) is 185 Å². The monoisotopic (exact) mass is 730 g/mol. The van der Waals surface area contributed by atoms with Crippen LogP contribution >= 0.6 is 0 Å². The molecule has 0 bridgehead atoms. The van der Waals surface area contributed by atoms with Gasteiger partial charge in [0.15, 0.2) is 11.6 Å². The third-order valence-corrected chi connectivity index (χ3v) is 12.8. The maximum Gasteiger partial charge on any atom is 0.163 e. The van der Waals surface area contributed by atoms with E-state index < -0.39 is 0 Å². The number of hydrogen-bond acceptors (Lipinski definition) is 6. The molecule has 1 fully saturated rings. The van der Waals surface area contributed by atoms with E-state index in [0.29, 0.717) is 17.9 Å². The number of fused-ring (bicyclic) bond motifs is 6. The Morgan fingerprint density at radius 3 is 2.52 bits per heavy atom. The van der Waals surface area contributed by atoms with Gasteiger partial charge in [0.25, 0.3) is 0 Å². The maximum atomic E-state index is 5.17. The molecule has 276 valence electrons. The van der Waals surface area contributed by atoms with E-state index in [-0.39, 0.29) is 17.9 Å². The third-order valence-electron chi connectivity index (χ3n) is 12.8. The van der Waals surface area contributed by atoms with Crippen LogP contribution in [0.3, 0.4) is 0 Å². The molecule has 8 aliphatic rings. The van der Waals surface area contributed by atoms with Gasteiger partial charge < -0.3 is 9.80 Å². The van der Waals surface area contributed by atoms with Crippen LogP contribution in [0.2, 0.25) is 0 Å². The first-order valence-electron chi connectivity index (χ1n) is 20.7. The predicted octanol–water partition coefficient (Wildman–Crippen LogP) is 11.0. The lowest BCUT2D eigenvalue weighted by Crippen LogP contribution is -2.32. The van der Waals surface area contributed by atoms with Crippen molar-refractivity contribution in [3.63, 3.8) is 0 Å². The van der Waals surface area contributed by atoms with E-state index in [9.17, 15) is 0 Å². The number of allylic oxidation sites excluding steroid dienone is 15. The van der Waals surface area contributed by atoms with Crippen LogP contribution in [0.15, 0.2) is 162 Å². The van der Waals surface area contributed by atoms with Gasteiger partial charge in [-0.05, 0) is 97.9 Å². The summed E-state index contributed by atoms with van der Waals surface area (Å²) in [5, 5.41) is 0.